The number of methoxy groups -OCH3 is 1. The van der Waals surface area contributed by atoms with Crippen molar-refractivity contribution in [1.82, 2.24) is 9.97 Å². The topological polar surface area (TPSA) is 58.2 Å². The summed E-state index contributed by atoms with van der Waals surface area (Å²) in [6, 6.07) is 7.52. The molecule has 0 spiro atoms. The van der Waals surface area contributed by atoms with Gasteiger partial charge in [-0.2, -0.15) is 13.2 Å². The Bertz CT molecular complexity index is 1250. The van der Waals surface area contributed by atoms with Crippen LogP contribution in [-0.2, 0) is 6.18 Å². The molecule has 176 valence electrons. The van der Waals surface area contributed by atoms with Crippen LogP contribution in [0.3, 0.4) is 0 Å². The average Bonchev–Trinajstić information content (AvgIpc) is 2.92. The molecule has 0 aliphatic carbocycles. The first kappa shape index (κ1) is 23.0. The van der Waals surface area contributed by atoms with Gasteiger partial charge in [0, 0.05) is 37.6 Å². The summed E-state index contributed by atoms with van der Waals surface area (Å²) in [5.74, 6) is -2.61. The summed E-state index contributed by atoms with van der Waals surface area (Å²) in [7, 11) is 1.43. The molecule has 0 bridgehead atoms. The lowest BCUT2D eigenvalue weighted by Gasteiger charge is -2.26. The Morgan fingerprint density at radius 3 is 2.61 bits per heavy atom. The highest BCUT2D eigenvalue weighted by Gasteiger charge is 2.37. The van der Waals surface area contributed by atoms with Crippen LogP contribution in [0.15, 0.2) is 35.1 Å². The van der Waals surface area contributed by atoms with E-state index in [1.54, 1.807) is 18.2 Å². The molecular weight excluding hydrogens is 445 g/mol. The van der Waals surface area contributed by atoms with E-state index in [4.69, 9.17) is 4.74 Å². The number of H-pyrrole nitrogens is 1. The Kier molecular flexibility index (Phi) is 5.79. The molecule has 1 N–H and O–H groups in total. The smallest absolute Gasteiger partial charge is 0.433 e. The van der Waals surface area contributed by atoms with Crippen LogP contribution in [-0.4, -0.2) is 36.1 Å². The molecule has 0 amide bonds. The van der Waals surface area contributed by atoms with Gasteiger partial charge in [0.15, 0.2) is 5.43 Å². The number of nitrogens with zero attached hydrogens (tertiary/aromatic N) is 2. The van der Waals surface area contributed by atoms with E-state index in [0.29, 0.717) is 16.7 Å². The first-order valence-corrected chi connectivity index (χ1v) is 10.4. The zero-order valence-electron chi connectivity index (χ0n) is 18.0. The summed E-state index contributed by atoms with van der Waals surface area (Å²) >= 11 is 0. The molecule has 1 aliphatic rings. The number of ether oxygens (including phenoxy) is 1. The fraction of sp³-hybridized carbons (Fsp3) is 0.391. The minimum absolute atomic E-state index is 0.0801. The summed E-state index contributed by atoms with van der Waals surface area (Å²) in [5, 5.41) is 0.302. The van der Waals surface area contributed by atoms with E-state index in [1.807, 2.05) is 0 Å². The minimum atomic E-state index is -4.71. The number of nitrogens with one attached hydrogen (secondary N) is 1. The molecule has 0 saturated carbocycles. The zero-order valence-corrected chi connectivity index (χ0v) is 18.0. The van der Waals surface area contributed by atoms with E-state index in [1.165, 1.54) is 31.1 Å². The zero-order chi connectivity index (χ0) is 24.0. The molecule has 0 unspecified atom stereocenters. The number of alkyl halides is 5. The highest BCUT2D eigenvalue weighted by atomic mass is 19.4. The van der Waals surface area contributed by atoms with Gasteiger partial charge in [0.25, 0.3) is 0 Å². The normalized spacial score (nSPS) is 16.6. The summed E-state index contributed by atoms with van der Waals surface area (Å²) in [5.41, 5.74) is -0.677. The molecule has 0 radical (unpaired) electrons. The maximum Gasteiger partial charge on any atom is 0.433 e. The van der Waals surface area contributed by atoms with Crippen molar-refractivity contribution in [2.45, 2.75) is 38.3 Å². The van der Waals surface area contributed by atoms with E-state index in [9.17, 15) is 26.7 Å². The molecule has 1 saturated heterocycles. The van der Waals surface area contributed by atoms with Crippen LogP contribution in [0, 0.1) is 6.92 Å². The molecule has 10 heteroatoms. The summed E-state index contributed by atoms with van der Waals surface area (Å²) < 4.78 is 73.9. The maximum absolute atomic E-state index is 13.9. The van der Waals surface area contributed by atoms with Crippen LogP contribution in [0.2, 0.25) is 0 Å². The molecule has 5 nitrogen and oxygen atoms in total. The van der Waals surface area contributed by atoms with Crippen molar-refractivity contribution in [1.29, 1.82) is 0 Å². The fourth-order valence-electron chi connectivity index (χ4n) is 4.19. The molecule has 0 atom stereocenters. The Morgan fingerprint density at radius 1 is 1.15 bits per heavy atom. The van der Waals surface area contributed by atoms with Gasteiger partial charge < -0.3 is 14.6 Å². The Hall–Kier alpha value is -3.17. The number of hydrogen-bond donors (Lipinski definition) is 1. The van der Waals surface area contributed by atoms with Crippen molar-refractivity contribution in [3.05, 3.63) is 51.8 Å². The van der Waals surface area contributed by atoms with Gasteiger partial charge >= 0.3 is 6.18 Å². The van der Waals surface area contributed by atoms with Gasteiger partial charge in [-0.05, 0) is 37.1 Å². The fourth-order valence-corrected chi connectivity index (χ4v) is 4.19. The number of pyridine rings is 2. The number of aryl methyl sites for hydroxylation is 1. The van der Waals surface area contributed by atoms with Gasteiger partial charge in [-0.3, -0.25) is 4.79 Å². The van der Waals surface area contributed by atoms with E-state index in [0.717, 1.165) is 0 Å². The van der Waals surface area contributed by atoms with Crippen LogP contribution in [0.5, 0.6) is 5.75 Å². The largest absolute Gasteiger partial charge is 0.496 e. The highest BCUT2D eigenvalue weighted by molar-refractivity contribution is 5.88. The van der Waals surface area contributed by atoms with Crippen molar-refractivity contribution < 1.29 is 26.7 Å². The van der Waals surface area contributed by atoms with Crippen LogP contribution in [0.25, 0.3) is 22.2 Å². The third kappa shape index (κ3) is 4.51. The molecular formula is C23H22F5N3O2. The summed E-state index contributed by atoms with van der Waals surface area (Å²) in [4.78, 5) is 21.3. The second kappa shape index (κ2) is 8.31. The minimum Gasteiger partial charge on any atom is -0.496 e. The highest BCUT2D eigenvalue weighted by Crippen LogP contribution is 2.39. The lowest BCUT2D eigenvalue weighted by Crippen LogP contribution is -2.28. The quantitative estimate of drug-likeness (QED) is 0.513. The van der Waals surface area contributed by atoms with Gasteiger partial charge in [0.05, 0.1) is 23.7 Å². The van der Waals surface area contributed by atoms with Gasteiger partial charge in [-0.1, -0.05) is 6.07 Å². The molecule has 3 heterocycles. The predicted octanol–water partition coefficient (Wildman–Crippen LogP) is 5.55. The van der Waals surface area contributed by atoms with Crippen LogP contribution in [0.1, 0.15) is 30.5 Å². The lowest BCUT2D eigenvalue weighted by molar-refractivity contribution is -0.141. The van der Waals surface area contributed by atoms with Crippen molar-refractivity contribution in [2.24, 2.45) is 0 Å². The SMILES string of the molecule is COc1cccc2[nH]c(-c3cc(C)c(C(F)(F)F)nc3N3CCCC(F)(F)CC3)cc(=O)c12. The number of aromatic amines is 1. The van der Waals surface area contributed by atoms with Crippen LogP contribution < -0.4 is 15.1 Å². The Morgan fingerprint density at radius 2 is 1.91 bits per heavy atom. The summed E-state index contributed by atoms with van der Waals surface area (Å²) in [6.07, 6.45) is -5.44. The van der Waals surface area contributed by atoms with Gasteiger partial charge in [0.2, 0.25) is 5.92 Å². The van der Waals surface area contributed by atoms with Gasteiger partial charge in [-0.25, -0.2) is 13.8 Å². The number of anilines is 1. The molecule has 4 rings (SSSR count). The van der Waals surface area contributed by atoms with Gasteiger partial charge in [0.1, 0.15) is 17.3 Å². The van der Waals surface area contributed by atoms with E-state index in [2.05, 4.69) is 9.97 Å². The predicted molar refractivity (Wildman–Crippen MR) is 115 cm³/mol. The number of halogens is 5. The third-order valence-corrected chi connectivity index (χ3v) is 5.81. The molecule has 3 aromatic rings. The first-order valence-electron chi connectivity index (χ1n) is 10.4. The molecule has 33 heavy (non-hydrogen) atoms. The number of hydrogen-bond acceptors (Lipinski definition) is 4. The van der Waals surface area contributed by atoms with Crippen molar-refractivity contribution in [3.8, 4) is 17.0 Å². The number of benzene rings is 1. The molecule has 1 aliphatic heterocycles. The molecule has 1 aromatic carbocycles. The second-order valence-electron chi connectivity index (χ2n) is 8.15. The Balaban J connectivity index is 1.93. The standard InChI is InChI=1S/C23H22F5N3O2/c1-13-11-14(16-12-17(32)19-15(29-16)5-3-6-18(19)33-2)21(30-20(13)23(26,27)28)31-9-4-7-22(24,25)8-10-31/h3,5-6,11-12H,4,7-10H2,1-2H3,(H,29,32). The average molecular weight is 467 g/mol. The molecule has 1 fully saturated rings. The molecule has 2 aromatic heterocycles. The number of fused-ring (bicyclic) bond motifs is 1. The van der Waals surface area contributed by atoms with Crippen LogP contribution in [0.4, 0.5) is 27.8 Å². The van der Waals surface area contributed by atoms with Crippen molar-refractivity contribution >= 4 is 16.7 Å². The van der Waals surface area contributed by atoms with Crippen LogP contribution >= 0.6 is 0 Å². The maximum atomic E-state index is 13.9. The van der Waals surface area contributed by atoms with E-state index >= 15 is 0 Å². The van der Waals surface area contributed by atoms with E-state index in [-0.39, 0.29) is 54.0 Å². The van der Waals surface area contributed by atoms with Crippen molar-refractivity contribution in [3.63, 3.8) is 0 Å². The van der Waals surface area contributed by atoms with Gasteiger partial charge in [-0.15, -0.1) is 0 Å². The first-order chi connectivity index (χ1) is 15.5. The number of rotatable bonds is 3. The Labute approximate surface area is 186 Å². The summed E-state index contributed by atoms with van der Waals surface area (Å²) in [6.45, 7) is 1.25. The van der Waals surface area contributed by atoms with E-state index < -0.39 is 24.2 Å². The van der Waals surface area contributed by atoms with Crippen molar-refractivity contribution in [2.75, 3.05) is 25.1 Å². The number of aromatic nitrogens is 2. The second-order valence-corrected chi connectivity index (χ2v) is 8.15. The third-order valence-electron chi connectivity index (χ3n) is 5.81. The lowest BCUT2D eigenvalue weighted by atomic mass is 10.0. The monoisotopic (exact) mass is 467 g/mol.